The fourth-order valence-corrected chi connectivity index (χ4v) is 12.9. The van der Waals surface area contributed by atoms with Crippen LogP contribution in [0.5, 0.6) is 0 Å². The molecule has 0 bridgehead atoms. The fourth-order valence-electron chi connectivity index (χ4n) is 11.9. The van der Waals surface area contributed by atoms with Gasteiger partial charge in [0.25, 0.3) is 0 Å². The van der Waals surface area contributed by atoms with Crippen molar-refractivity contribution in [1.29, 1.82) is 0 Å². The van der Waals surface area contributed by atoms with Crippen LogP contribution < -0.4 is 11.1 Å². The van der Waals surface area contributed by atoms with Gasteiger partial charge < -0.3 is 11.1 Å². The average Bonchev–Trinajstić information content (AvgIpc) is 1.66. The third-order valence-electron chi connectivity index (χ3n) is 16.4. The number of nitrogen functional groups attached to an aromatic ring is 1. The number of ketones is 2. The van der Waals surface area contributed by atoms with E-state index in [4.69, 9.17) is 122 Å². The molecule has 7 aromatic rings. The lowest BCUT2D eigenvalue weighted by Crippen LogP contribution is -2.36. The zero-order valence-electron chi connectivity index (χ0n) is 52.1. The van der Waals surface area contributed by atoms with Gasteiger partial charge in [0.05, 0.1) is 67.6 Å². The number of aryl methyl sites for hydroxylation is 5. The van der Waals surface area contributed by atoms with Crippen LogP contribution in [0, 0.1) is 27.7 Å². The first-order valence-corrected chi connectivity index (χ1v) is 34.4. The minimum atomic E-state index is -0.508. The fraction of sp³-hybridized carbons (Fsp3) is 0.338. The molecule has 22 heteroatoms. The Bertz CT molecular complexity index is 3950. The van der Waals surface area contributed by atoms with Crippen LogP contribution >= 0.6 is 128 Å². The Labute approximate surface area is 602 Å². The number of nitrogens with one attached hydrogen (secondary N) is 1. The Morgan fingerprint density at radius 1 is 0.505 bits per heavy atom. The summed E-state index contributed by atoms with van der Waals surface area (Å²) in [6.45, 7) is 15.2. The molecular formula is C71H73Cl11N8O3. The molecule has 4 aromatic heterocycles. The highest BCUT2D eigenvalue weighted by Gasteiger charge is 2.30. The van der Waals surface area contributed by atoms with Crippen LogP contribution in [0.15, 0.2) is 120 Å². The minimum absolute atomic E-state index is 0. The lowest BCUT2D eigenvalue weighted by molar-refractivity contribution is -0.119. The lowest BCUT2D eigenvalue weighted by atomic mass is 9.99. The average molecular weight is 1480 g/mol. The number of carbonyl (C=O) groups is 3. The van der Waals surface area contributed by atoms with Crippen LogP contribution in [0.1, 0.15) is 98.9 Å². The normalized spacial score (nSPS) is 14.9. The van der Waals surface area contributed by atoms with Gasteiger partial charge in [-0.1, -0.05) is 99.4 Å². The van der Waals surface area contributed by atoms with Gasteiger partial charge in [0.2, 0.25) is 5.24 Å². The van der Waals surface area contributed by atoms with Crippen molar-refractivity contribution in [3.05, 3.63) is 228 Å². The molecule has 3 aliphatic carbocycles. The van der Waals surface area contributed by atoms with E-state index >= 15 is 0 Å². The van der Waals surface area contributed by atoms with Crippen molar-refractivity contribution in [2.24, 2.45) is 0 Å². The number of hydrogen-bond acceptors (Lipinski definition) is 11. The summed E-state index contributed by atoms with van der Waals surface area (Å²) in [5.74, 6) is 0.611. The van der Waals surface area contributed by atoms with Crippen molar-refractivity contribution in [3.63, 3.8) is 0 Å². The Morgan fingerprint density at radius 3 is 1.37 bits per heavy atom. The molecule has 0 saturated carbocycles. The van der Waals surface area contributed by atoms with E-state index in [1.807, 2.05) is 63.2 Å². The number of nitrogens with two attached hydrogens (primary N) is 1. The van der Waals surface area contributed by atoms with Crippen LogP contribution in [-0.2, 0) is 52.9 Å². The molecule has 11 nitrogen and oxygen atoms in total. The number of anilines is 1. The van der Waals surface area contributed by atoms with E-state index in [0.29, 0.717) is 39.5 Å². The standard InChI is InChI=1S/C21H20Cl2N2O.C21H22Cl2N2.C12H12ClN.C9H9Cl2NO.C6H7ClN2.C2H2Cl2O.ClH/c1-13-21(23)5-4-17(24-13)10-18(26)12-25-7-6-19-15(11-25)8-14-2-3-16(22)9-20(14)19;1-14-21(23)7-6-18(24-14)3-2-9-25-10-8-19-16(13-25)11-15-4-5-17(22)12-20(15)19;13-10-2-1-8-5-9-7-14-4-3-11(9)12(8)6-10;1-6-9(11)3-2-7(12-6)4-8(13)5-10;1-4-5(7)2-3-6(8)9-4;3-1-2(4)5;/h2-5,9H,6-8,10-12H2,1H3;4-7,12H,2-3,8-11,13H2,1H3;1-2,6,14H,3-5,7H2;2-3H,4-5H2,1H3;2-3H,1H3,(H2,8,9);1H2;1H. The number of fused-ring (bicyclic) bond motifs is 6. The summed E-state index contributed by atoms with van der Waals surface area (Å²) in [6.07, 6.45) is 9.25. The monoisotopic (exact) mass is 1470 g/mol. The summed E-state index contributed by atoms with van der Waals surface area (Å²) in [6, 6.07) is 33.3. The quantitative estimate of drug-likeness (QED) is 0.0890. The second-order valence-electron chi connectivity index (χ2n) is 23.2. The van der Waals surface area contributed by atoms with Crippen molar-refractivity contribution in [3.8, 4) is 0 Å². The molecule has 93 heavy (non-hydrogen) atoms. The van der Waals surface area contributed by atoms with E-state index in [1.54, 1.807) is 53.5 Å². The molecule has 6 aliphatic rings. The van der Waals surface area contributed by atoms with Crippen LogP contribution in [-0.4, -0.2) is 111 Å². The summed E-state index contributed by atoms with van der Waals surface area (Å²) in [4.78, 5) is 54.8. The van der Waals surface area contributed by atoms with Crippen molar-refractivity contribution in [2.75, 3.05) is 69.9 Å². The topological polar surface area (TPSA) is 147 Å². The second kappa shape index (κ2) is 36.6. The Balaban J connectivity index is 0.000000169. The SMILES string of the molecule is Cc1nc(CC(=O)CCl)ccc1Cl.Cc1nc(CC(=O)CN2CCC3=C(Cc4ccc(Cl)cc43)C2)ccc1Cl.Cc1nc(CCCN2CCC3=C(Cc4ccc(Cl)cc43)C2)ccc1Cl.Cc1nc(N)ccc1Cl.Cl.Clc1ccc2c(c1)C1=C(CNCC1)C2.O=C(Cl)CCl. The van der Waals surface area contributed by atoms with E-state index in [9.17, 15) is 14.4 Å². The number of pyridine rings is 4. The summed E-state index contributed by atoms with van der Waals surface area (Å²) in [5.41, 5.74) is 28.7. The summed E-state index contributed by atoms with van der Waals surface area (Å²) >= 11 is 56.8. The third kappa shape index (κ3) is 22.2. The Kier molecular flexibility index (Phi) is 29.8. The van der Waals surface area contributed by atoms with Gasteiger partial charge >= 0.3 is 0 Å². The van der Waals surface area contributed by atoms with E-state index in [1.165, 1.54) is 44.5 Å². The first kappa shape index (κ1) is 75.7. The first-order chi connectivity index (χ1) is 44.0. The van der Waals surface area contributed by atoms with E-state index in [-0.39, 0.29) is 42.2 Å². The number of carbonyl (C=O) groups excluding carboxylic acids is 3. The first-order valence-electron chi connectivity index (χ1n) is 30.3. The Hall–Kier alpha value is -4.64. The summed E-state index contributed by atoms with van der Waals surface area (Å²) in [5, 5.41) is 8.06. The van der Waals surface area contributed by atoms with Gasteiger partial charge in [0.1, 0.15) is 5.82 Å². The number of Topliss-reactive ketones (excluding diaryl/α,β-unsaturated/α-hetero) is 2. The molecule has 0 fully saturated rings. The highest BCUT2D eigenvalue weighted by atomic mass is 35.5. The third-order valence-corrected chi connectivity index (χ3v) is 19.5. The molecular weight excluding hydrogens is 1400 g/mol. The van der Waals surface area contributed by atoms with Gasteiger partial charge in [-0.05, 0) is 256 Å². The molecule has 0 unspecified atom stereocenters. The smallest absolute Gasteiger partial charge is 0.236 e. The zero-order chi connectivity index (χ0) is 66.2. The molecule has 0 spiro atoms. The Morgan fingerprint density at radius 2 is 0.914 bits per heavy atom. The van der Waals surface area contributed by atoms with Gasteiger partial charge in [0.15, 0.2) is 11.6 Å². The van der Waals surface area contributed by atoms with Crippen LogP contribution in [0.25, 0.3) is 16.7 Å². The van der Waals surface area contributed by atoms with Gasteiger partial charge in [-0.25, -0.2) is 4.98 Å². The molecule has 3 aliphatic heterocycles. The molecule has 0 radical (unpaired) electrons. The minimum Gasteiger partial charge on any atom is -0.384 e. The summed E-state index contributed by atoms with van der Waals surface area (Å²) < 4.78 is 0. The van der Waals surface area contributed by atoms with E-state index in [2.05, 4.69) is 71.5 Å². The van der Waals surface area contributed by atoms with E-state index in [0.717, 1.165) is 151 Å². The molecule has 0 atom stereocenters. The molecule has 0 amide bonds. The molecule has 0 saturated heterocycles. The summed E-state index contributed by atoms with van der Waals surface area (Å²) in [7, 11) is 0. The van der Waals surface area contributed by atoms with Gasteiger partial charge in [-0.2, -0.15) is 0 Å². The number of alkyl halides is 2. The predicted octanol–water partition coefficient (Wildman–Crippen LogP) is 17.9. The predicted molar refractivity (Wildman–Crippen MR) is 391 cm³/mol. The van der Waals surface area contributed by atoms with Crippen LogP contribution in [0.3, 0.4) is 0 Å². The maximum atomic E-state index is 12.5. The van der Waals surface area contributed by atoms with Crippen LogP contribution in [0.4, 0.5) is 5.82 Å². The maximum Gasteiger partial charge on any atom is 0.236 e. The van der Waals surface area contributed by atoms with Crippen molar-refractivity contribution in [2.45, 2.75) is 91.9 Å². The molecule has 13 rings (SSSR count). The van der Waals surface area contributed by atoms with Crippen molar-refractivity contribution in [1.82, 2.24) is 35.1 Å². The van der Waals surface area contributed by atoms with Gasteiger partial charge in [0, 0.05) is 71.3 Å². The highest BCUT2D eigenvalue weighted by Crippen LogP contribution is 2.41. The molecule has 3 N–H and O–H groups in total. The zero-order valence-corrected chi connectivity index (χ0v) is 60.5. The van der Waals surface area contributed by atoms with E-state index < -0.39 is 5.24 Å². The highest BCUT2D eigenvalue weighted by molar-refractivity contribution is 6.67. The lowest BCUT2D eigenvalue weighted by Gasteiger charge is -2.28. The number of halogens is 11. The van der Waals surface area contributed by atoms with Crippen molar-refractivity contribution < 1.29 is 14.4 Å². The number of hydrogen-bond donors (Lipinski definition) is 2. The molecule has 7 heterocycles. The number of nitrogens with zero attached hydrogens (tertiary/aromatic N) is 6. The van der Waals surface area contributed by atoms with Crippen molar-refractivity contribution >= 4 is 168 Å². The van der Waals surface area contributed by atoms with Crippen LogP contribution in [0.2, 0.25) is 35.2 Å². The largest absolute Gasteiger partial charge is 0.384 e. The molecule has 3 aromatic carbocycles. The number of benzene rings is 3. The molecule has 492 valence electrons. The number of rotatable bonds is 12. The number of aromatic nitrogens is 4. The second-order valence-corrected chi connectivity index (χ2v) is 27.1. The van der Waals surface area contributed by atoms with Gasteiger partial charge in [-0.15, -0.1) is 35.6 Å². The van der Waals surface area contributed by atoms with Gasteiger partial charge in [-0.3, -0.25) is 39.1 Å². The maximum absolute atomic E-state index is 12.5.